The van der Waals surface area contributed by atoms with E-state index >= 15 is 0 Å². The Bertz CT molecular complexity index is 818. The van der Waals surface area contributed by atoms with Crippen molar-refractivity contribution in [3.05, 3.63) is 65.0 Å². The number of benzene rings is 2. The normalized spacial score (nSPS) is 11.1. The van der Waals surface area contributed by atoms with Gasteiger partial charge in [-0.1, -0.05) is 12.1 Å². The highest BCUT2D eigenvalue weighted by Gasteiger charge is 2.07. The zero-order chi connectivity index (χ0) is 17.0. The van der Waals surface area contributed by atoms with Gasteiger partial charge in [0.1, 0.15) is 5.82 Å². The van der Waals surface area contributed by atoms with Gasteiger partial charge in [0, 0.05) is 17.8 Å². The summed E-state index contributed by atoms with van der Waals surface area (Å²) in [6.45, 7) is 1.88. The number of carbonyl (C=O) groups excluding carboxylic acids is 1. The lowest BCUT2D eigenvalue weighted by Gasteiger charge is -2.08. The van der Waals surface area contributed by atoms with E-state index in [2.05, 4.69) is 10.0 Å². The van der Waals surface area contributed by atoms with Crippen molar-refractivity contribution in [2.75, 3.05) is 11.0 Å². The van der Waals surface area contributed by atoms with Gasteiger partial charge in [-0.25, -0.2) is 12.8 Å². The fourth-order valence-corrected chi connectivity index (χ4v) is 2.50. The molecule has 0 heterocycles. The van der Waals surface area contributed by atoms with Crippen molar-refractivity contribution in [2.24, 2.45) is 0 Å². The van der Waals surface area contributed by atoms with E-state index in [1.165, 1.54) is 30.3 Å². The van der Waals surface area contributed by atoms with Crippen molar-refractivity contribution < 1.29 is 17.6 Å². The summed E-state index contributed by atoms with van der Waals surface area (Å²) >= 11 is 0. The average molecular weight is 336 g/mol. The van der Waals surface area contributed by atoms with Gasteiger partial charge in [0.2, 0.25) is 10.0 Å². The van der Waals surface area contributed by atoms with E-state index < -0.39 is 10.0 Å². The minimum atomic E-state index is -3.35. The van der Waals surface area contributed by atoms with Crippen LogP contribution in [0.3, 0.4) is 0 Å². The molecule has 2 rings (SSSR count). The molecule has 2 aromatic carbocycles. The quantitative estimate of drug-likeness (QED) is 0.880. The second-order valence-corrected chi connectivity index (χ2v) is 6.97. The molecule has 122 valence electrons. The summed E-state index contributed by atoms with van der Waals surface area (Å²) in [7, 11) is -3.35. The molecule has 23 heavy (non-hydrogen) atoms. The van der Waals surface area contributed by atoms with Gasteiger partial charge in [-0.05, 0) is 48.4 Å². The van der Waals surface area contributed by atoms with Gasteiger partial charge in [-0.3, -0.25) is 9.52 Å². The SMILES string of the molecule is Cc1ccc(CNC(=O)c2ccc(NS(C)(=O)=O)cc2)cc1F. The monoisotopic (exact) mass is 336 g/mol. The Morgan fingerprint density at radius 3 is 2.35 bits per heavy atom. The zero-order valence-electron chi connectivity index (χ0n) is 12.8. The highest BCUT2D eigenvalue weighted by Crippen LogP contribution is 2.12. The Balaban J connectivity index is 1.99. The largest absolute Gasteiger partial charge is 0.348 e. The third kappa shape index (κ3) is 5.07. The van der Waals surface area contributed by atoms with E-state index in [-0.39, 0.29) is 18.3 Å². The summed E-state index contributed by atoms with van der Waals surface area (Å²) in [5.74, 6) is -0.634. The standard InChI is InChI=1S/C16H17FN2O3S/c1-11-3-4-12(9-15(11)17)10-18-16(20)13-5-7-14(8-6-13)19-23(2,21)22/h3-9,19H,10H2,1-2H3,(H,18,20). The van der Waals surface area contributed by atoms with Crippen LogP contribution in [-0.4, -0.2) is 20.6 Å². The number of sulfonamides is 1. The van der Waals surface area contributed by atoms with Gasteiger partial charge < -0.3 is 5.32 Å². The molecule has 0 radical (unpaired) electrons. The average Bonchev–Trinajstić information content (AvgIpc) is 2.47. The zero-order valence-corrected chi connectivity index (χ0v) is 13.6. The van der Waals surface area contributed by atoms with Crippen molar-refractivity contribution in [3.63, 3.8) is 0 Å². The second-order valence-electron chi connectivity index (χ2n) is 5.22. The molecule has 7 heteroatoms. The van der Waals surface area contributed by atoms with Crippen molar-refractivity contribution in [2.45, 2.75) is 13.5 Å². The minimum absolute atomic E-state index is 0.208. The number of carbonyl (C=O) groups is 1. The van der Waals surface area contributed by atoms with Gasteiger partial charge in [0.25, 0.3) is 5.91 Å². The predicted octanol–water partition coefficient (Wildman–Crippen LogP) is 2.44. The number of rotatable bonds is 5. The lowest BCUT2D eigenvalue weighted by atomic mass is 10.1. The third-order valence-electron chi connectivity index (χ3n) is 3.14. The third-order valence-corrected chi connectivity index (χ3v) is 3.75. The van der Waals surface area contributed by atoms with Crippen LogP contribution in [0, 0.1) is 12.7 Å². The molecular weight excluding hydrogens is 319 g/mol. The first-order valence-electron chi connectivity index (χ1n) is 6.86. The van der Waals surface area contributed by atoms with Crippen molar-refractivity contribution in [1.82, 2.24) is 5.32 Å². The van der Waals surface area contributed by atoms with Crippen molar-refractivity contribution in [1.29, 1.82) is 0 Å². The lowest BCUT2D eigenvalue weighted by Crippen LogP contribution is -2.22. The number of aryl methyl sites for hydroxylation is 1. The van der Waals surface area contributed by atoms with E-state index in [9.17, 15) is 17.6 Å². The summed E-state index contributed by atoms with van der Waals surface area (Å²) in [4.78, 5) is 12.0. The van der Waals surface area contributed by atoms with Crippen LogP contribution in [0.5, 0.6) is 0 Å². The molecule has 0 saturated carbocycles. The fourth-order valence-electron chi connectivity index (χ4n) is 1.93. The topological polar surface area (TPSA) is 75.3 Å². The molecule has 1 amide bonds. The first-order valence-corrected chi connectivity index (χ1v) is 8.75. The number of anilines is 1. The van der Waals surface area contributed by atoms with Crippen LogP contribution in [0.4, 0.5) is 10.1 Å². The summed E-state index contributed by atoms with van der Waals surface area (Å²) in [5, 5.41) is 2.69. The maximum Gasteiger partial charge on any atom is 0.251 e. The van der Waals surface area contributed by atoms with Gasteiger partial charge in [-0.2, -0.15) is 0 Å². The molecule has 0 unspecified atom stereocenters. The number of halogens is 1. The lowest BCUT2D eigenvalue weighted by molar-refractivity contribution is 0.0951. The van der Waals surface area contributed by atoms with Crippen molar-refractivity contribution in [3.8, 4) is 0 Å². The highest BCUT2D eigenvalue weighted by molar-refractivity contribution is 7.92. The molecular formula is C16H17FN2O3S. The Morgan fingerprint density at radius 2 is 1.78 bits per heavy atom. The number of nitrogens with one attached hydrogen (secondary N) is 2. The minimum Gasteiger partial charge on any atom is -0.348 e. The number of amides is 1. The van der Waals surface area contributed by atoms with E-state index in [0.29, 0.717) is 22.4 Å². The molecule has 0 spiro atoms. The van der Waals surface area contributed by atoms with Gasteiger partial charge in [-0.15, -0.1) is 0 Å². The molecule has 0 atom stereocenters. The van der Waals surface area contributed by atoms with E-state index in [0.717, 1.165) is 6.26 Å². The van der Waals surface area contributed by atoms with Crippen LogP contribution >= 0.6 is 0 Å². The van der Waals surface area contributed by atoms with Crippen LogP contribution in [0.25, 0.3) is 0 Å². The van der Waals surface area contributed by atoms with Crippen LogP contribution in [0.15, 0.2) is 42.5 Å². The van der Waals surface area contributed by atoms with Crippen LogP contribution < -0.4 is 10.0 Å². The molecule has 5 nitrogen and oxygen atoms in total. The number of hydrogen-bond acceptors (Lipinski definition) is 3. The molecule has 0 aliphatic carbocycles. The summed E-state index contributed by atoms with van der Waals surface area (Å²) in [5.41, 5.74) is 1.98. The van der Waals surface area contributed by atoms with Crippen molar-refractivity contribution >= 4 is 21.6 Å². The van der Waals surface area contributed by atoms with Gasteiger partial charge >= 0.3 is 0 Å². The smallest absolute Gasteiger partial charge is 0.251 e. The predicted molar refractivity (Wildman–Crippen MR) is 87.2 cm³/mol. The Hall–Kier alpha value is -2.41. The van der Waals surface area contributed by atoms with E-state index in [1.807, 2.05) is 0 Å². The first-order chi connectivity index (χ1) is 10.7. The molecule has 0 bridgehead atoms. The van der Waals surface area contributed by atoms with Gasteiger partial charge in [0.15, 0.2) is 0 Å². The molecule has 2 N–H and O–H groups in total. The summed E-state index contributed by atoms with van der Waals surface area (Å²) in [6.07, 6.45) is 1.05. The Labute approximate surface area is 134 Å². The fraction of sp³-hybridized carbons (Fsp3) is 0.188. The first kappa shape index (κ1) is 17.0. The van der Waals surface area contributed by atoms with Crippen LogP contribution in [0.1, 0.15) is 21.5 Å². The van der Waals surface area contributed by atoms with Crippen LogP contribution in [0.2, 0.25) is 0 Å². The highest BCUT2D eigenvalue weighted by atomic mass is 32.2. The molecule has 0 aliphatic heterocycles. The molecule has 0 aliphatic rings. The Morgan fingerprint density at radius 1 is 1.13 bits per heavy atom. The second kappa shape index (κ2) is 6.78. The van der Waals surface area contributed by atoms with Crippen LogP contribution in [-0.2, 0) is 16.6 Å². The molecule has 0 saturated heterocycles. The van der Waals surface area contributed by atoms with Gasteiger partial charge in [0.05, 0.1) is 6.26 Å². The van der Waals surface area contributed by atoms with E-state index in [4.69, 9.17) is 0 Å². The molecule has 0 fully saturated rings. The molecule has 0 aromatic heterocycles. The maximum atomic E-state index is 13.4. The number of hydrogen-bond donors (Lipinski definition) is 2. The summed E-state index contributed by atoms with van der Waals surface area (Å²) in [6, 6.07) is 10.8. The summed E-state index contributed by atoms with van der Waals surface area (Å²) < 4.78 is 38.0. The van der Waals surface area contributed by atoms with E-state index in [1.54, 1.807) is 19.1 Å². The molecule has 2 aromatic rings. The Kier molecular flexibility index (Phi) is 5.00. The maximum absolute atomic E-state index is 13.4.